The second-order valence-corrected chi connectivity index (χ2v) is 6.63. The summed E-state index contributed by atoms with van der Waals surface area (Å²) < 4.78 is 5.32. The monoisotopic (exact) mass is 290 g/mol. The summed E-state index contributed by atoms with van der Waals surface area (Å²) in [7, 11) is 0. The number of likely N-dealkylation sites (tertiary alicyclic amines) is 1. The summed E-state index contributed by atoms with van der Waals surface area (Å²) in [5, 5.41) is 2.17. The highest BCUT2D eigenvalue weighted by molar-refractivity contribution is 7.09. The van der Waals surface area contributed by atoms with Crippen molar-refractivity contribution in [2.75, 3.05) is 6.54 Å². The molecule has 0 radical (unpaired) electrons. The Hall–Kier alpha value is -1.13. The van der Waals surface area contributed by atoms with Crippen LogP contribution in [0.15, 0.2) is 28.2 Å². The molecular formula is C16H22N2OS. The molecule has 0 aromatic carbocycles. The van der Waals surface area contributed by atoms with E-state index >= 15 is 0 Å². The van der Waals surface area contributed by atoms with Crippen LogP contribution in [0.1, 0.15) is 42.1 Å². The van der Waals surface area contributed by atoms with Gasteiger partial charge in [-0.25, -0.2) is 4.98 Å². The summed E-state index contributed by atoms with van der Waals surface area (Å²) in [4.78, 5) is 8.54. The Bertz CT molecular complexity index is 520. The lowest BCUT2D eigenvalue weighted by molar-refractivity contribution is 0.131. The van der Waals surface area contributed by atoms with E-state index < -0.39 is 0 Å². The van der Waals surface area contributed by atoms with Gasteiger partial charge in [0.1, 0.15) is 6.26 Å². The predicted molar refractivity (Wildman–Crippen MR) is 81.9 cm³/mol. The standard InChI is InChI=1S/C16H22N2OS/c1-13-17-14(12-19-13)11-18-9-3-2-5-15(18)7-8-16-6-4-10-20-16/h4,6,10,12,15H,2-3,5,7-9,11H2,1H3/t15-/m0/s1. The maximum absolute atomic E-state index is 5.32. The van der Waals surface area contributed by atoms with Crippen molar-refractivity contribution in [1.29, 1.82) is 0 Å². The largest absolute Gasteiger partial charge is 0.449 e. The van der Waals surface area contributed by atoms with Crippen molar-refractivity contribution in [1.82, 2.24) is 9.88 Å². The highest BCUT2D eigenvalue weighted by atomic mass is 32.1. The SMILES string of the molecule is Cc1nc(CN2CCCC[C@H]2CCc2cccs2)co1. The molecule has 1 aliphatic heterocycles. The zero-order valence-corrected chi connectivity index (χ0v) is 12.9. The van der Waals surface area contributed by atoms with Gasteiger partial charge in [0.25, 0.3) is 0 Å². The molecule has 108 valence electrons. The Kier molecular flexibility index (Phi) is 4.53. The number of rotatable bonds is 5. The minimum atomic E-state index is 0.697. The van der Waals surface area contributed by atoms with E-state index in [0.717, 1.165) is 18.1 Å². The van der Waals surface area contributed by atoms with E-state index in [4.69, 9.17) is 4.42 Å². The zero-order chi connectivity index (χ0) is 13.8. The second-order valence-electron chi connectivity index (χ2n) is 5.60. The molecule has 3 nitrogen and oxygen atoms in total. The third-order valence-electron chi connectivity index (χ3n) is 4.08. The first-order chi connectivity index (χ1) is 9.81. The molecule has 1 saturated heterocycles. The third kappa shape index (κ3) is 3.49. The number of aromatic nitrogens is 1. The minimum Gasteiger partial charge on any atom is -0.449 e. The molecule has 2 aromatic rings. The van der Waals surface area contributed by atoms with E-state index in [1.54, 1.807) is 6.26 Å². The second kappa shape index (κ2) is 6.55. The van der Waals surface area contributed by atoms with Gasteiger partial charge in [0.2, 0.25) is 0 Å². The van der Waals surface area contributed by atoms with Gasteiger partial charge >= 0.3 is 0 Å². The summed E-state index contributed by atoms with van der Waals surface area (Å²) in [5.74, 6) is 0.771. The first-order valence-electron chi connectivity index (χ1n) is 7.49. The van der Waals surface area contributed by atoms with E-state index in [1.165, 1.54) is 43.5 Å². The number of aryl methyl sites for hydroxylation is 2. The first-order valence-corrected chi connectivity index (χ1v) is 8.36. The van der Waals surface area contributed by atoms with E-state index in [1.807, 2.05) is 18.3 Å². The molecule has 20 heavy (non-hydrogen) atoms. The maximum Gasteiger partial charge on any atom is 0.191 e. The van der Waals surface area contributed by atoms with E-state index in [9.17, 15) is 0 Å². The average Bonchev–Trinajstić information content (AvgIpc) is 3.10. The molecule has 0 amide bonds. The number of hydrogen-bond donors (Lipinski definition) is 0. The van der Waals surface area contributed by atoms with Crippen LogP contribution in [0.4, 0.5) is 0 Å². The van der Waals surface area contributed by atoms with Crippen molar-refractivity contribution >= 4 is 11.3 Å². The molecule has 0 unspecified atom stereocenters. The van der Waals surface area contributed by atoms with Gasteiger partial charge in [0, 0.05) is 24.4 Å². The van der Waals surface area contributed by atoms with Crippen molar-refractivity contribution in [2.24, 2.45) is 0 Å². The molecular weight excluding hydrogens is 268 g/mol. The fraction of sp³-hybridized carbons (Fsp3) is 0.562. The van der Waals surface area contributed by atoms with Crippen LogP contribution >= 0.6 is 11.3 Å². The first kappa shape index (κ1) is 13.8. The molecule has 1 fully saturated rings. The van der Waals surface area contributed by atoms with E-state index in [2.05, 4.69) is 27.4 Å². The Morgan fingerprint density at radius 3 is 3.15 bits per heavy atom. The topological polar surface area (TPSA) is 29.3 Å². The number of nitrogens with zero attached hydrogens (tertiary/aromatic N) is 2. The van der Waals surface area contributed by atoms with Crippen molar-refractivity contribution in [2.45, 2.75) is 51.6 Å². The summed E-state index contributed by atoms with van der Waals surface area (Å²) in [6, 6.07) is 5.10. The Labute approximate surface area is 124 Å². The van der Waals surface area contributed by atoms with Crippen molar-refractivity contribution < 1.29 is 4.42 Å². The Morgan fingerprint density at radius 1 is 1.45 bits per heavy atom. The highest BCUT2D eigenvalue weighted by Crippen LogP contribution is 2.24. The minimum absolute atomic E-state index is 0.697. The molecule has 0 N–H and O–H groups in total. The van der Waals surface area contributed by atoms with Crippen LogP contribution < -0.4 is 0 Å². The number of piperidine rings is 1. The van der Waals surface area contributed by atoms with Crippen LogP contribution in [0.25, 0.3) is 0 Å². The number of thiophene rings is 1. The van der Waals surface area contributed by atoms with Gasteiger partial charge in [-0.15, -0.1) is 11.3 Å². The molecule has 3 heterocycles. The van der Waals surface area contributed by atoms with Crippen LogP contribution in [0.5, 0.6) is 0 Å². The summed E-state index contributed by atoms with van der Waals surface area (Å²) in [6.45, 7) is 4.04. The van der Waals surface area contributed by atoms with Gasteiger partial charge in [0.05, 0.1) is 5.69 Å². The van der Waals surface area contributed by atoms with Crippen LogP contribution in [0.3, 0.4) is 0 Å². The number of hydrogen-bond acceptors (Lipinski definition) is 4. The van der Waals surface area contributed by atoms with E-state index in [0.29, 0.717) is 6.04 Å². The van der Waals surface area contributed by atoms with Crippen molar-refractivity contribution in [3.63, 3.8) is 0 Å². The van der Waals surface area contributed by atoms with Gasteiger partial charge < -0.3 is 4.42 Å². The van der Waals surface area contributed by atoms with Crippen LogP contribution in [0.2, 0.25) is 0 Å². The molecule has 0 bridgehead atoms. The van der Waals surface area contributed by atoms with Gasteiger partial charge in [0.15, 0.2) is 5.89 Å². The fourth-order valence-corrected chi connectivity index (χ4v) is 3.77. The molecule has 0 saturated carbocycles. The van der Waals surface area contributed by atoms with E-state index in [-0.39, 0.29) is 0 Å². The average molecular weight is 290 g/mol. The van der Waals surface area contributed by atoms with Crippen LogP contribution in [-0.4, -0.2) is 22.5 Å². The molecule has 3 rings (SSSR count). The van der Waals surface area contributed by atoms with Crippen LogP contribution in [0, 0.1) is 6.92 Å². The van der Waals surface area contributed by atoms with Gasteiger partial charge in [-0.2, -0.15) is 0 Å². The third-order valence-corrected chi connectivity index (χ3v) is 5.02. The lowest BCUT2D eigenvalue weighted by atomic mass is 9.97. The molecule has 2 aromatic heterocycles. The predicted octanol–water partition coefficient (Wildman–Crippen LogP) is 4.03. The molecule has 4 heteroatoms. The van der Waals surface area contributed by atoms with Gasteiger partial charge in [-0.05, 0) is 43.7 Å². The van der Waals surface area contributed by atoms with Crippen LogP contribution in [-0.2, 0) is 13.0 Å². The smallest absolute Gasteiger partial charge is 0.191 e. The normalized spacial score (nSPS) is 20.4. The maximum atomic E-state index is 5.32. The molecule has 0 aliphatic carbocycles. The van der Waals surface area contributed by atoms with Crippen molar-refractivity contribution in [3.8, 4) is 0 Å². The molecule has 1 aliphatic rings. The lowest BCUT2D eigenvalue weighted by Crippen LogP contribution is -2.39. The van der Waals surface area contributed by atoms with Gasteiger partial charge in [-0.1, -0.05) is 12.5 Å². The van der Waals surface area contributed by atoms with Crippen molar-refractivity contribution in [3.05, 3.63) is 40.2 Å². The fourth-order valence-electron chi connectivity index (χ4n) is 3.05. The van der Waals surface area contributed by atoms with Gasteiger partial charge in [-0.3, -0.25) is 4.90 Å². The number of oxazole rings is 1. The Balaban J connectivity index is 1.58. The zero-order valence-electron chi connectivity index (χ0n) is 12.0. The molecule has 1 atom stereocenters. The quantitative estimate of drug-likeness (QED) is 0.832. The highest BCUT2D eigenvalue weighted by Gasteiger charge is 2.23. The Morgan fingerprint density at radius 2 is 2.40 bits per heavy atom. The molecule has 0 spiro atoms. The summed E-state index contributed by atoms with van der Waals surface area (Å²) in [6.07, 6.45) is 8.27. The lowest BCUT2D eigenvalue weighted by Gasteiger charge is -2.35. The summed E-state index contributed by atoms with van der Waals surface area (Å²) >= 11 is 1.87. The summed E-state index contributed by atoms with van der Waals surface area (Å²) in [5.41, 5.74) is 1.07.